The molecule has 0 aliphatic heterocycles. The fourth-order valence-electron chi connectivity index (χ4n) is 2.97. The van der Waals surface area contributed by atoms with Crippen LogP contribution in [0.15, 0.2) is 43.0 Å². The summed E-state index contributed by atoms with van der Waals surface area (Å²) in [5, 5.41) is 8.75. The summed E-state index contributed by atoms with van der Waals surface area (Å²) in [6.45, 7) is 3.67. The Hall–Kier alpha value is -1.88. The third kappa shape index (κ3) is 3.57. The minimum absolute atomic E-state index is 0.136. The van der Waals surface area contributed by atoms with Gasteiger partial charge in [0, 0.05) is 0 Å². The maximum absolute atomic E-state index is 13.6. The fraction of sp³-hybridized carbons (Fsp3) is 0.389. The van der Waals surface area contributed by atoms with Gasteiger partial charge in [0.2, 0.25) is 0 Å². The molecule has 1 aromatic carbocycles. The Morgan fingerprint density at radius 2 is 2.05 bits per heavy atom. The van der Waals surface area contributed by atoms with Crippen LogP contribution in [0.1, 0.15) is 49.1 Å². The van der Waals surface area contributed by atoms with Crippen molar-refractivity contribution in [3.63, 3.8) is 0 Å². The summed E-state index contributed by atoms with van der Waals surface area (Å²) in [6, 6.07) is 6.92. The lowest BCUT2D eigenvalue weighted by Gasteiger charge is -2.28. The van der Waals surface area contributed by atoms with Gasteiger partial charge in [0.15, 0.2) is 0 Å². The molecule has 1 nitrogen and oxygen atoms in total. The number of rotatable bonds is 4. The highest BCUT2D eigenvalue weighted by atomic mass is 19.1. The second-order valence-corrected chi connectivity index (χ2v) is 5.47. The standard InChI is InChI=1S/C18H20FN/c1-2-3-4-5-14-6-8-15(9-7-14)16-10-11-17(13-20)18(19)12-16/h2-4,10-12,14-15H,1,5-9H2. The number of hydrogen-bond acceptors (Lipinski definition) is 1. The third-order valence-electron chi connectivity index (χ3n) is 4.17. The molecule has 1 aromatic rings. The average molecular weight is 269 g/mol. The second kappa shape index (κ2) is 7.05. The zero-order chi connectivity index (χ0) is 14.4. The van der Waals surface area contributed by atoms with Crippen molar-refractivity contribution in [3.05, 3.63) is 60.0 Å². The van der Waals surface area contributed by atoms with E-state index in [9.17, 15) is 4.39 Å². The Bertz CT molecular complexity index is 531. The molecule has 0 unspecified atom stereocenters. The number of hydrogen-bond donors (Lipinski definition) is 0. The Balaban J connectivity index is 1.94. The summed E-state index contributed by atoms with van der Waals surface area (Å²) < 4.78 is 13.6. The van der Waals surface area contributed by atoms with Crippen LogP contribution in [-0.2, 0) is 0 Å². The summed E-state index contributed by atoms with van der Waals surface area (Å²) in [5.74, 6) is 0.795. The van der Waals surface area contributed by atoms with Crippen molar-refractivity contribution in [1.82, 2.24) is 0 Å². The molecule has 0 saturated heterocycles. The Morgan fingerprint density at radius 3 is 2.65 bits per heavy atom. The van der Waals surface area contributed by atoms with Crippen molar-refractivity contribution in [2.24, 2.45) is 5.92 Å². The zero-order valence-corrected chi connectivity index (χ0v) is 11.7. The number of nitriles is 1. The quantitative estimate of drug-likeness (QED) is 0.697. The summed E-state index contributed by atoms with van der Waals surface area (Å²) in [5.41, 5.74) is 1.18. The van der Waals surface area contributed by atoms with Crippen molar-refractivity contribution in [2.75, 3.05) is 0 Å². The highest BCUT2D eigenvalue weighted by Gasteiger charge is 2.22. The third-order valence-corrected chi connectivity index (χ3v) is 4.17. The molecule has 0 N–H and O–H groups in total. The Morgan fingerprint density at radius 1 is 1.30 bits per heavy atom. The minimum Gasteiger partial charge on any atom is -0.206 e. The van der Waals surface area contributed by atoms with Crippen LogP contribution in [0.3, 0.4) is 0 Å². The molecule has 1 saturated carbocycles. The number of nitrogens with zero attached hydrogens (tertiary/aromatic N) is 1. The maximum Gasteiger partial charge on any atom is 0.141 e. The van der Waals surface area contributed by atoms with Crippen LogP contribution in [0, 0.1) is 23.1 Å². The van der Waals surface area contributed by atoms with E-state index in [1.165, 1.54) is 12.8 Å². The summed E-state index contributed by atoms with van der Waals surface area (Å²) in [4.78, 5) is 0. The van der Waals surface area contributed by atoms with E-state index in [1.54, 1.807) is 12.1 Å². The molecule has 1 aliphatic carbocycles. The number of halogens is 1. The van der Waals surface area contributed by atoms with Gasteiger partial charge < -0.3 is 0 Å². The van der Waals surface area contributed by atoms with Crippen LogP contribution < -0.4 is 0 Å². The lowest BCUT2D eigenvalue weighted by atomic mass is 9.77. The largest absolute Gasteiger partial charge is 0.206 e. The van der Waals surface area contributed by atoms with Gasteiger partial charge in [-0.25, -0.2) is 4.39 Å². The SMILES string of the molecule is C=CC=CCC1CCC(c2ccc(C#N)c(F)c2)CC1. The van der Waals surface area contributed by atoms with Crippen molar-refractivity contribution in [1.29, 1.82) is 5.26 Å². The van der Waals surface area contributed by atoms with E-state index >= 15 is 0 Å². The molecule has 0 radical (unpaired) electrons. The van der Waals surface area contributed by atoms with Gasteiger partial charge in [-0.05, 0) is 61.6 Å². The maximum atomic E-state index is 13.6. The van der Waals surface area contributed by atoms with Gasteiger partial charge in [-0.2, -0.15) is 5.26 Å². The highest BCUT2D eigenvalue weighted by molar-refractivity contribution is 5.34. The predicted octanol–water partition coefficient (Wildman–Crippen LogP) is 5.10. The van der Waals surface area contributed by atoms with Crippen LogP contribution >= 0.6 is 0 Å². The number of benzene rings is 1. The summed E-state index contributed by atoms with van der Waals surface area (Å²) in [7, 11) is 0. The second-order valence-electron chi connectivity index (χ2n) is 5.47. The van der Waals surface area contributed by atoms with E-state index in [2.05, 4.69) is 12.7 Å². The van der Waals surface area contributed by atoms with Crippen molar-refractivity contribution in [2.45, 2.75) is 38.0 Å². The summed E-state index contributed by atoms with van der Waals surface area (Å²) in [6.07, 6.45) is 11.7. The van der Waals surface area contributed by atoms with E-state index in [0.717, 1.165) is 30.7 Å². The van der Waals surface area contributed by atoms with Crippen LogP contribution in [0.5, 0.6) is 0 Å². The molecule has 2 rings (SSSR count). The molecule has 1 fully saturated rings. The molecule has 0 bridgehead atoms. The smallest absolute Gasteiger partial charge is 0.141 e. The highest BCUT2D eigenvalue weighted by Crippen LogP contribution is 2.37. The van der Waals surface area contributed by atoms with Crippen LogP contribution in [-0.4, -0.2) is 0 Å². The topological polar surface area (TPSA) is 23.8 Å². The Labute approximate surface area is 120 Å². The van der Waals surface area contributed by atoms with Gasteiger partial charge in [-0.15, -0.1) is 0 Å². The van der Waals surface area contributed by atoms with Gasteiger partial charge in [-0.3, -0.25) is 0 Å². The molecule has 0 spiro atoms. The molecule has 20 heavy (non-hydrogen) atoms. The molecular formula is C18H20FN. The molecule has 0 atom stereocenters. The Kier molecular flexibility index (Phi) is 5.12. The van der Waals surface area contributed by atoms with Crippen molar-refractivity contribution < 1.29 is 4.39 Å². The molecule has 1 aliphatic rings. The van der Waals surface area contributed by atoms with E-state index in [4.69, 9.17) is 5.26 Å². The van der Waals surface area contributed by atoms with Gasteiger partial charge >= 0.3 is 0 Å². The first-order chi connectivity index (χ1) is 9.74. The lowest BCUT2D eigenvalue weighted by Crippen LogP contribution is -2.13. The van der Waals surface area contributed by atoms with E-state index < -0.39 is 0 Å². The van der Waals surface area contributed by atoms with Crippen LogP contribution in [0.2, 0.25) is 0 Å². The normalized spacial score (nSPS) is 22.6. The fourth-order valence-corrected chi connectivity index (χ4v) is 2.97. The van der Waals surface area contributed by atoms with Gasteiger partial charge in [0.25, 0.3) is 0 Å². The van der Waals surface area contributed by atoms with E-state index in [0.29, 0.717) is 5.92 Å². The molecule has 0 aromatic heterocycles. The minimum atomic E-state index is -0.388. The average Bonchev–Trinajstić information content (AvgIpc) is 2.48. The summed E-state index contributed by atoms with van der Waals surface area (Å²) >= 11 is 0. The molecule has 0 heterocycles. The van der Waals surface area contributed by atoms with Crippen LogP contribution in [0.4, 0.5) is 4.39 Å². The zero-order valence-electron chi connectivity index (χ0n) is 11.7. The van der Waals surface area contributed by atoms with Gasteiger partial charge in [-0.1, -0.05) is 30.9 Å². The molecule has 104 valence electrons. The first-order valence-electron chi connectivity index (χ1n) is 7.21. The first kappa shape index (κ1) is 14.5. The monoisotopic (exact) mass is 269 g/mol. The molecule has 0 amide bonds. The molecule has 2 heteroatoms. The first-order valence-corrected chi connectivity index (χ1v) is 7.21. The van der Waals surface area contributed by atoms with Gasteiger partial charge in [0.1, 0.15) is 11.9 Å². The van der Waals surface area contributed by atoms with Gasteiger partial charge in [0.05, 0.1) is 5.56 Å². The van der Waals surface area contributed by atoms with Crippen molar-refractivity contribution >= 4 is 0 Å². The molecular weight excluding hydrogens is 249 g/mol. The van der Waals surface area contributed by atoms with E-state index in [1.807, 2.05) is 24.3 Å². The number of allylic oxidation sites excluding steroid dienone is 3. The van der Waals surface area contributed by atoms with Crippen molar-refractivity contribution in [3.8, 4) is 6.07 Å². The van der Waals surface area contributed by atoms with E-state index in [-0.39, 0.29) is 11.4 Å². The van der Waals surface area contributed by atoms with Crippen LogP contribution in [0.25, 0.3) is 0 Å². The predicted molar refractivity (Wildman–Crippen MR) is 79.8 cm³/mol. The lowest BCUT2D eigenvalue weighted by molar-refractivity contribution is 0.328.